The number of halogens is 1. The van der Waals surface area contributed by atoms with Crippen molar-refractivity contribution in [1.29, 1.82) is 0 Å². The Morgan fingerprint density at radius 3 is 2.48 bits per heavy atom. The third-order valence-corrected chi connectivity index (χ3v) is 4.87. The number of amides is 2. The monoisotopic (exact) mass is 443 g/mol. The van der Waals surface area contributed by atoms with E-state index >= 15 is 0 Å². The minimum absolute atomic E-state index is 0.0162. The Morgan fingerprint density at radius 2 is 1.81 bits per heavy atom. The highest BCUT2D eigenvalue weighted by molar-refractivity contribution is 6.33. The molecular formula is C23H30ClN5O2. The molecule has 166 valence electrons. The van der Waals surface area contributed by atoms with E-state index in [-0.39, 0.29) is 18.2 Å². The van der Waals surface area contributed by atoms with Gasteiger partial charge in [-0.25, -0.2) is 0 Å². The molecule has 0 heterocycles. The first-order valence-corrected chi connectivity index (χ1v) is 10.5. The lowest BCUT2D eigenvalue weighted by atomic mass is 10.1. The first kappa shape index (κ1) is 24.2. The molecule has 3 N–H and O–H groups in total. The number of guanidine groups is 1. The van der Waals surface area contributed by atoms with Crippen molar-refractivity contribution in [3.63, 3.8) is 0 Å². The molecule has 0 saturated heterocycles. The van der Waals surface area contributed by atoms with Gasteiger partial charge in [-0.1, -0.05) is 29.8 Å². The third kappa shape index (κ3) is 7.94. The average molecular weight is 444 g/mol. The molecule has 0 atom stereocenters. The van der Waals surface area contributed by atoms with Crippen LogP contribution in [0.4, 0.5) is 5.69 Å². The van der Waals surface area contributed by atoms with E-state index in [1.54, 1.807) is 32.1 Å². The number of benzene rings is 2. The maximum atomic E-state index is 12.2. The molecule has 0 radical (unpaired) electrons. The van der Waals surface area contributed by atoms with Crippen LogP contribution in [0.5, 0.6) is 0 Å². The number of nitrogens with zero attached hydrogens (tertiary/aromatic N) is 2. The summed E-state index contributed by atoms with van der Waals surface area (Å²) in [5, 5.41) is 9.68. The molecule has 0 fully saturated rings. The van der Waals surface area contributed by atoms with Gasteiger partial charge in [-0.2, -0.15) is 0 Å². The Kier molecular flexibility index (Phi) is 9.34. The molecule has 0 saturated carbocycles. The van der Waals surface area contributed by atoms with Crippen molar-refractivity contribution in [2.75, 3.05) is 39.5 Å². The van der Waals surface area contributed by atoms with Crippen molar-refractivity contribution in [3.05, 3.63) is 64.2 Å². The molecule has 0 unspecified atom stereocenters. The van der Waals surface area contributed by atoms with Crippen molar-refractivity contribution in [2.24, 2.45) is 4.99 Å². The second-order valence-corrected chi connectivity index (χ2v) is 7.76. The zero-order chi connectivity index (χ0) is 22.8. The third-order valence-electron chi connectivity index (χ3n) is 4.55. The highest BCUT2D eigenvalue weighted by Crippen LogP contribution is 2.22. The van der Waals surface area contributed by atoms with Gasteiger partial charge in [-0.3, -0.25) is 14.6 Å². The summed E-state index contributed by atoms with van der Waals surface area (Å²) in [5.74, 6) is 0.468. The first-order chi connectivity index (χ1) is 14.8. The fraction of sp³-hybridized carbons (Fsp3) is 0.348. The van der Waals surface area contributed by atoms with Gasteiger partial charge in [-0.15, -0.1) is 0 Å². The summed E-state index contributed by atoms with van der Waals surface area (Å²) < 4.78 is 0. The number of hydrogen-bond donors (Lipinski definition) is 3. The molecule has 0 aliphatic heterocycles. The second kappa shape index (κ2) is 12.0. The van der Waals surface area contributed by atoms with E-state index in [0.29, 0.717) is 35.3 Å². The minimum atomic E-state index is -0.129. The van der Waals surface area contributed by atoms with Crippen molar-refractivity contribution >= 4 is 35.1 Å². The fourth-order valence-electron chi connectivity index (χ4n) is 2.89. The summed E-state index contributed by atoms with van der Waals surface area (Å²) in [6, 6.07) is 13.1. The average Bonchev–Trinajstić information content (AvgIpc) is 2.74. The van der Waals surface area contributed by atoms with Crippen molar-refractivity contribution in [1.82, 2.24) is 15.5 Å². The molecule has 0 aliphatic carbocycles. The van der Waals surface area contributed by atoms with Crippen LogP contribution in [-0.4, -0.2) is 56.9 Å². The van der Waals surface area contributed by atoms with Crippen LogP contribution in [0.1, 0.15) is 27.9 Å². The number of carbonyl (C=O) groups excluding carboxylic acids is 2. The molecule has 0 aliphatic rings. The molecule has 7 nitrogen and oxygen atoms in total. The normalized spacial score (nSPS) is 11.1. The van der Waals surface area contributed by atoms with Gasteiger partial charge < -0.3 is 20.9 Å². The fourth-order valence-corrected chi connectivity index (χ4v) is 3.17. The molecule has 0 bridgehead atoms. The Labute approximate surface area is 188 Å². The van der Waals surface area contributed by atoms with E-state index in [1.165, 1.54) is 0 Å². The highest BCUT2D eigenvalue weighted by Gasteiger charge is 2.09. The number of carbonyl (C=O) groups is 2. The van der Waals surface area contributed by atoms with Gasteiger partial charge in [0.1, 0.15) is 0 Å². The number of nitrogens with one attached hydrogen (secondary N) is 3. The molecule has 2 aromatic carbocycles. The molecular weight excluding hydrogens is 414 g/mol. The zero-order valence-electron chi connectivity index (χ0n) is 18.5. The van der Waals surface area contributed by atoms with Gasteiger partial charge in [-0.05, 0) is 48.7 Å². The van der Waals surface area contributed by atoms with Crippen LogP contribution in [0.15, 0.2) is 47.5 Å². The highest BCUT2D eigenvalue weighted by atomic mass is 35.5. The smallest absolute Gasteiger partial charge is 0.253 e. The maximum Gasteiger partial charge on any atom is 0.253 e. The van der Waals surface area contributed by atoms with Crippen LogP contribution in [0, 0.1) is 6.92 Å². The standard InChI is InChI=1S/C23H30ClN5O2/c1-16-8-9-20(19(24)14-16)28-21(30)11-13-27-23(25-2)26-12-10-17-6-5-7-18(15-17)22(31)29(3)4/h5-9,14-15H,10-13H2,1-4H3,(H,28,30)(H2,25,26,27). The topological polar surface area (TPSA) is 85.8 Å². The Balaban J connectivity index is 1.74. The van der Waals surface area contributed by atoms with Crippen LogP contribution in [0.25, 0.3) is 0 Å². The summed E-state index contributed by atoms with van der Waals surface area (Å²) >= 11 is 6.15. The van der Waals surface area contributed by atoms with E-state index in [1.807, 2.05) is 43.3 Å². The van der Waals surface area contributed by atoms with Gasteiger partial charge in [0.2, 0.25) is 5.91 Å². The zero-order valence-corrected chi connectivity index (χ0v) is 19.2. The van der Waals surface area contributed by atoms with Gasteiger partial charge in [0.25, 0.3) is 5.91 Å². The maximum absolute atomic E-state index is 12.2. The van der Waals surface area contributed by atoms with Crippen LogP contribution in [-0.2, 0) is 11.2 Å². The van der Waals surface area contributed by atoms with Crippen molar-refractivity contribution in [3.8, 4) is 0 Å². The predicted molar refractivity (Wildman–Crippen MR) is 127 cm³/mol. The summed E-state index contributed by atoms with van der Waals surface area (Å²) in [5.41, 5.74) is 3.38. The number of hydrogen-bond acceptors (Lipinski definition) is 3. The van der Waals surface area contributed by atoms with Crippen LogP contribution < -0.4 is 16.0 Å². The Hall–Kier alpha value is -3.06. The van der Waals surface area contributed by atoms with Crippen LogP contribution in [0.2, 0.25) is 5.02 Å². The lowest BCUT2D eigenvalue weighted by molar-refractivity contribution is -0.116. The molecule has 2 amide bonds. The van der Waals surface area contributed by atoms with Crippen LogP contribution >= 0.6 is 11.6 Å². The summed E-state index contributed by atoms with van der Waals surface area (Å²) in [6.45, 7) is 3.02. The molecule has 0 spiro atoms. The summed E-state index contributed by atoms with van der Waals surface area (Å²) in [7, 11) is 5.15. The number of aliphatic imine (C=N–C) groups is 1. The van der Waals surface area contributed by atoms with E-state index in [9.17, 15) is 9.59 Å². The number of anilines is 1. The lowest BCUT2D eigenvalue weighted by Crippen LogP contribution is -2.39. The van der Waals surface area contributed by atoms with Crippen LogP contribution in [0.3, 0.4) is 0 Å². The largest absolute Gasteiger partial charge is 0.356 e. The quantitative estimate of drug-likeness (QED) is 0.432. The second-order valence-electron chi connectivity index (χ2n) is 7.36. The van der Waals surface area contributed by atoms with Crippen molar-refractivity contribution < 1.29 is 9.59 Å². The van der Waals surface area contributed by atoms with Crippen molar-refractivity contribution in [2.45, 2.75) is 19.8 Å². The molecule has 2 rings (SSSR count). The number of aryl methyl sites for hydroxylation is 1. The summed E-state index contributed by atoms with van der Waals surface area (Å²) in [4.78, 5) is 30.0. The minimum Gasteiger partial charge on any atom is -0.356 e. The van der Waals surface area contributed by atoms with Gasteiger partial charge in [0.15, 0.2) is 5.96 Å². The SMILES string of the molecule is CN=C(NCCC(=O)Nc1ccc(C)cc1Cl)NCCc1cccc(C(=O)N(C)C)c1. The molecule has 2 aromatic rings. The van der Waals surface area contributed by atoms with E-state index in [0.717, 1.165) is 17.5 Å². The first-order valence-electron chi connectivity index (χ1n) is 10.1. The molecule has 8 heteroatoms. The predicted octanol–water partition coefficient (Wildman–Crippen LogP) is 3.09. The van der Waals surface area contributed by atoms with Gasteiger partial charge >= 0.3 is 0 Å². The Bertz CT molecular complexity index is 943. The lowest BCUT2D eigenvalue weighted by Gasteiger charge is -2.13. The summed E-state index contributed by atoms with van der Waals surface area (Å²) in [6.07, 6.45) is 1.02. The Morgan fingerprint density at radius 1 is 1.06 bits per heavy atom. The molecule has 31 heavy (non-hydrogen) atoms. The van der Waals surface area contributed by atoms with Gasteiger partial charge in [0, 0.05) is 46.2 Å². The number of rotatable bonds is 8. The van der Waals surface area contributed by atoms with E-state index < -0.39 is 0 Å². The van der Waals surface area contributed by atoms with Gasteiger partial charge in [0.05, 0.1) is 10.7 Å². The van der Waals surface area contributed by atoms with E-state index in [4.69, 9.17) is 11.6 Å². The van der Waals surface area contributed by atoms with E-state index in [2.05, 4.69) is 20.9 Å². The molecule has 0 aromatic heterocycles.